The second-order valence-electron chi connectivity index (χ2n) is 4.64. The lowest BCUT2D eigenvalue weighted by Crippen LogP contribution is -2.33. The number of hydrogen-bond donors (Lipinski definition) is 3. The maximum atomic E-state index is 13.4. The largest absolute Gasteiger partial charge is 0.397 e. The van der Waals surface area contributed by atoms with Crippen LogP contribution in [0.4, 0.5) is 15.8 Å². The van der Waals surface area contributed by atoms with E-state index in [2.05, 4.69) is 5.32 Å². The van der Waals surface area contributed by atoms with Gasteiger partial charge < -0.3 is 16.2 Å². The van der Waals surface area contributed by atoms with Crippen LogP contribution in [-0.2, 0) is 0 Å². The summed E-state index contributed by atoms with van der Waals surface area (Å²) in [6.45, 7) is 0.428. The fraction of sp³-hybridized carbons (Fsp3) is 0.500. The summed E-state index contributed by atoms with van der Waals surface area (Å²) in [7, 11) is 0. The first-order valence-corrected chi connectivity index (χ1v) is 6.79. The van der Waals surface area contributed by atoms with E-state index in [1.807, 2.05) is 22.6 Å². The molecular weight excluding hydrogens is 334 g/mol. The van der Waals surface area contributed by atoms with Crippen LogP contribution in [0.25, 0.3) is 0 Å². The van der Waals surface area contributed by atoms with Crippen molar-refractivity contribution in [1.29, 1.82) is 0 Å². The second-order valence-corrected chi connectivity index (χ2v) is 5.80. The standard InChI is InChI=1S/C12H16FIN2O/c13-8-5-11(10(15)6-9(8)14)16-7-12(17)3-1-2-4-12/h5-6,16-17H,1-4,7,15H2. The van der Waals surface area contributed by atoms with Crippen molar-refractivity contribution < 1.29 is 9.50 Å². The first kappa shape index (κ1) is 12.9. The van der Waals surface area contributed by atoms with Gasteiger partial charge in [-0.25, -0.2) is 4.39 Å². The average molecular weight is 350 g/mol. The Labute approximate surface area is 114 Å². The Balaban J connectivity index is 2.06. The summed E-state index contributed by atoms with van der Waals surface area (Å²) in [5.74, 6) is -0.291. The molecule has 1 aliphatic rings. The molecule has 1 aromatic carbocycles. The molecule has 0 aromatic heterocycles. The highest BCUT2D eigenvalue weighted by atomic mass is 127. The fourth-order valence-electron chi connectivity index (χ4n) is 2.18. The summed E-state index contributed by atoms with van der Waals surface area (Å²) in [6, 6.07) is 2.98. The van der Waals surface area contributed by atoms with Crippen LogP contribution < -0.4 is 11.1 Å². The molecule has 0 radical (unpaired) electrons. The average Bonchev–Trinajstić information content (AvgIpc) is 2.69. The van der Waals surface area contributed by atoms with Gasteiger partial charge in [-0.3, -0.25) is 0 Å². The topological polar surface area (TPSA) is 58.3 Å². The summed E-state index contributed by atoms with van der Waals surface area (Å²) in [6.07, 6.45) is 3.70. The Morgan fingerprint density at radius 1 is 1.41 bits per heavy atom. The Bertz CT molecular complexity index is 419. The predicted molar refractivity (Wildman–Crippen MR) is 75.4 cm³/mol. The van der Waals surface area contributed by atoms with E-state index in [4.69, 9.17) is 5.73 Å². The zero-order chi connectivity index (χ0) is 12.5. The van der Waals surface area contributed by atoms with Crippen LogP contribution in [-0.4, -0.2) is 17.3 Å². The smallest absolute Gasteiger partial charge is 0.138 e. The highest BCUT2D eigenvalue weighted by Gasteiger charge is 2.30. The Kier molecular flexibility index (Phi) is 3.77. The van der Waals surface area contributed by atoms with Gasteiger partial charge in [-0.1, -0.05) is 12.8 Å². The van der Waals surface area contributed by atoms with Crippen molar-refractivity contribution >= 4 is 34.0 Å². The van der Waals surface area contributed by atoms with Gasteiger partial charge in [-0.2, -0.15) is 0 Å². The highest BCUT2D eigenvalue weighted by molar-refractivity contribution is 14.1. The van der Waals surface area contributed by atoms with Crippen molar-refractivity contribution in [3.63, 3.8) is 0 Å². The van der Waals surface area contributed by atoms with Crippen LogP contribution in [0.2, 0.25) is 0 Å². The third-order valence-electron chi connectivity index (χ3n) is 3.23. The van der Waals surface area contributed by atoms with Crippen LogP contribution in [0, 0.1) is 9.39 Å². The van der Waals surface area contributed by atoms with Gasteiger partial charge in [0.15, 0.2) is 0 Å². The SMILES string of the molecule is Nc1cc(I)c(F)cc1NCC1(O)CCCC1. The first-order chi connectivity index (χ1) is 8.00. The third-order valence-corrected chi connectivity index (χ3v) is 4.06. The molecule has 2 rings (SSSR count). The van der Waals surface area contributed by atoms with Crippen molar-refractivity contribution in [2.24, 2.45) is 0 Å². The van der Waals surface area contributed by atoms with Gasteiger partial charge in [0, 0.05) is 12.6 Å². The molecule has 5 heteroatoms. The molecule has 94 valence electrons. The quantitative estimate of drug-likeness (QED) is 0.580. The molecule has 0 spiro atoms. The summed E-state index contributed by atoms with van der Waals surface area (Å²) < 4.78 is 13.9. The van der Waals surface area contributed by atoms with Crippen LogP contribution in [0.1, 0.15) is 25.7 Å². The number of nitrogens with one attached hydrogen (secondary N) is 1. The van der Waals surface area contributed by atoms with Gasteiger partial charge in [0.2, 0.25) is 0 Å². The highest BCUT2D eigenvalue weighted by Crippen LogP contribution is 2.31. The van der Waals surface area contributed by atoms with E-state index in [0.29, 0.717) is 21.5 Å². The molecule has 0 saturated heterocycles. The molecule has 0 amide bonds. The van der Waals surface area contributed by atoms with E-state index >= 15 is 0 Å². The van der Waals surface area contributed by atoms with Gasteiger partial charge in [0.25, 0.3) is 0 Å². The minimum Gasteiger partial charge on any atom is -0.397 e. The van der Waals surface area contributed by atoms with Crippen LogP contribution in [0.5, 0.6) is 0 Å². The zero-order valence-corrected chi connectivity index (χ0v) is 11.6. The molecule has 0 unspecified atom stereocenters. The van der Waals surface area contributed by atoms with Crippen LogP contribution in [0.15, 0.2) is 12.1 Å². The number of nitrogen functional groups attached to an aromatic ring is 1. The van der Waals surface area contributed by atoms with E-state index in [9.17, 15) is 9.50 Å². The maximum Gasteiger partial charge on any atom is 0.138 e. The van der Waals surface area contributed by atoms with Crippen LogP contribution >= 0.6 is 22.6 Å². The molecule has 3 nitrogen and oxygen atoms in total. The van der Waals surface area contributed by atoms with Gasteiger partial charge in [-0.15, -0.1) is 0 Å². The normalized spacial score (nSPS) is 18.3. The molecule has 1 aromatic rings. The van der Waals surface area contributed by atoms with Crippen molar-refractivity contribution in [3.8, 4) is 0 Å². The van der Waals surface area contributed by atoms with Gasteiger partial charge in [0.05, 0.1) is 20.5 Å². The van der Waals surface area contributed by atoms with E-state index in [0.717, 1.165) is 25.7 Å². The first-order valence-electron chi connectivity index (χ1n) is 5.71. The minimum atomic E-state index is -0.661. The molecule has 1 aliphatic carbocycles. The number of rotatable bonds is 3. The molecule has 4 N–H and O–H groups in total. The van der Waals surface area contributed by atoms with E-state index in [1.165, 1.54) is 6.07 Å². The van der Waals surface area contributed by atoms with Crippen molar-refractivity contribution in [1.82, 2.24) is 0 Å². The van der Waals surface area contributed by atoms with Gasteiger partial charge >= 0.3 is 0 Å². The summed E-state index contributed by atoms with van der Waals surface area (Å²) >= 11 is 1.90. The van der Waals surface area contributed by atoms with Crippen molar-refractivity contribution in [3.05, 3.63) is 21.5 Å². The second kappa shape index (κ2) is 4.97. The van der Waals surface area contributed by atoms with Gasteiger partial charge in [-0.05, 0) is 41.5 Å². The van der Waals surface area contributed by atoms with Crippen LogP contribution in [0.3, 0.4) is 0 Å². The number of halogens is 2. The number of hydrogen-bond acceptors (Lipinski definition) is 3. The maximum absolute atomic E-state index is 13.4. The van der Waals surface area contributed by atoms with E-state index in [1.54, 1.807) is 6.07 Å². The summed E-state index contributed by atoms with van der Waals surface area (Å²) in [5, 5.41) is 13.2. The van der Waals surface area contributed by atoms with Crippen molar-refractivity contribution in [2.45, 2.75) is 31.3 Å². The molecule has 17 heavy (non-hydrogen) atoms. The lowest BCUT2D eigenvalue weighted by atomic mass is 10.0. The molecule has 1 saturated carbocycles. The number of anilines is 2. The van der Waals surface area contributed by atoms with E-state index in [-0.39, 0.29) is 5.82 Å². The molecule has 0 aliphatic heterocycles. The van der Waals surface area contributed by atoms with E-state index < -0.39 is 5.60 Å². The Morgan fingerprint density at radius 2 is 2.06 bits per heavy atom. The molecule has 0 heterocycles. The summed E-state index contributed by atoms with van der Waals surface area (Å²) in [4.78, 5) is 0. The molecule has 1 fully saturated rings. The lowest BCUT2D eigenvalue weighted by molar-refractivity contribution is 0.0615. The molecule has 0 bridgehead atoms. The Hall–Kier alpha value is -0.560. The number of benzene rings is 1. The number of aliphatic hydroxyl groups is 1. The summed E-state index contributed by atoms with van der Waals surface area (Å²) in [5.41, 5.74) is 6.21. The fourth-order valence-corrected chi connectivity index (χ4v) is 2.68. The van der Waals surface area contributed by atoms with Crippen molar-refractivity contribution in [2.75, 3.05) is 17.6 Å². The zero-order valence-electron chi connectivity index (χ0n) is 9.47. The van der Waals surface area contributed by atoms with Gasteiger partial charge in [0.1, 0.15) is 5.82 Å². The Morgan fingerprint density at radius 3 is 2.71 bits per heavy atom. The lowest BCUT2D eigenvalue weighted by Gasteiger charge is -2.23. The predicted octanol–water partition coefficient (Wildman–Crippen LogP) is 2.73. The minimum absolute atomic E-state index is 0.291. The molecular formula is C12H16FIN2O. The monoisotopic (exact) mass is 350 g/mol. The third kappa shape index (κ3) is 3.01. The number of nitrogens with two attached hydrogens (primary N) is 1. The molecule has 0 atom stereocenters.